The summed E-state index contributed by atoms with van der Waals surface area (Å²) in [6.07, 6.45) is -3.52. The Morgan fingerprint density at radius 3 is 2.22 bits per heavy atom. The first-order chi connectivity index (χ1) is 10.5. The summed E-state index contributed by atoms with van der Waals surface area (Å²) in [7, 11) is 0. The number of hydrogen-bond acceptors (Lipinski definition) is 5. The third kappa shape index (κ3) is 3.82. The molecule has 0 spiro atoms. The number of hydrogen-bond donors (Lipinski definition) is 1. The number of anilines is 1. The summed E-state index contributed by atoms with van der Waals surface area (Å²) >= 11 is 0. The maximum absolute atomic E-state index is 12.7. The van der Waals surface area contributed by atoms with Crippen molar-refractivity contribution in [2.24, 2.45) is 0 Å². The molecule has 0 atom stereocenters. The van der Waals surface area contributed by atoms with Crippen molar-refractivity contribution in [1.29, 1.82) is 0 Å². The molecule has 2 rings (SSSR count). The molecule has 0 aromatic heterocycles. The Hall–Kier alpha value is -2.51. The van der Waals surface area contributed by atoms with Gasteiger partial charge in [0.15, 0.2) is 5.57 Å². The summed E-state index contributed by atoms with van der Waals surface area (Å²) in [5, 5.41) is 2.52. The van der Waals surface area contributed by atoms with Crippen LogP contribution in [-0.2, 0) is 25.2 Å². The minimum absolute atomic E-state index is 0.109. The molecule has 1 fully saturated rings. The monoisotopic (exact) mass is 329 g/mol. The van der Waals surface area contributed by atoms with Crippen molar-refractivity contribution in [3.63, 3.8) is 0 Å². The van der Waals surface area contributed by atoms with Gasteiger partial charge in [-0.2, -0.15) is 13.2 Å². The van der Waals surface area contributed by atoms with E-state index >= 15 is 0 Å². The van der Waals surface area contributed by atoms with Gasteiger partial charge in [0.1, 0.15) is 0 Å². The number of nitrogens with one attached hydrogen (secondary N) is 1. The molecule has 0 amide bonds. The second-order valence-corrected chi connectivity index (χ2v) is 5.41. The van der Waals surface area contributed by atoms with Crippen LogP contribution in [0.5, 0.6) is 0 Å². The lowest BCUT2D eigenvalue weighted by Crippen LogP contribution is -2.42. The normalized spacial score (nSPS) is 17.4. The summed E-state index contributed by atoms with van der Waals surface area (Å²) < 4.78 is 47.9. The Balaban J connectivity index is 2.26. The van der Waals surface area contributed by atoms with Crippen LogP contribution >= 0.6 is 0 Å². The van der Waals surface area contributed by atoms with Crippen LogP contribution in [0.15, 0.2) is 30.0 Å². The molecule has 1 aromatic carbocycles. The molecule has 0 aliphatic carbocycles. The largest absolute Gasteiger partial charge is 0.419 e. The van der Waals surface area contributed by atoms with Gasteiger partial charge in [0.05, 0.1) is 5.56 Å². The van der Waals surface area contributed by atoms with Crippen LogP contribution in [0.1, 0.15) is 25.0 Å². The summed E-state index contributed by atoms with van der Waals surface area (Å²) in [5.74, 6) is -3.20. The molecule has 1 aromatic rings. The van der Waals surface area contributed by atoms with Crippen LogP contribution in [0.25, 0.3) is 0 Å². The summed E-state index contributed by atoms with van der Waals surface area (Å²) in [6, 6.07) is 3.11. The van der Waals surface area contributed by atoms with Crippen molar-refractivity contribution in [2.45, 2.75) is 32.7 Å². The van der Waals surface area contributed by atoms with Crippen molar-refractivity contribution in [1.82, 2.24) is 0 Å². The van der Waals surface area contributed by atoms with E-state index in [0.29, 0.717) is 5.56 Å². The highest BCUT2D eigenvalue weighted by Gasteiger charge is 2.39. The third-order valence-electron chi connectivity index (χ3n) is 3.05. The van der Waals surface area contributed by atoms with Crippen LogP contribution in [0.4, 0.5) is 18.9 Å². The Kier molecular flexibility index (Phi) is 4.10. The van der Waals surface area contributed by atoms with Crippen LogP contribution in [0.3, 0.4) is 0 Å². The van der Waals surface area contributed by atoms with E-state index < -0.39 is 35.0 Å². The van der Waals surface area contributed by atoms with Gasteiger partial charge in [0.25, 0.3) is 5.79 Å². The van der Waals surface area contributed by atoms with Crippen molar-refractivity contribution in [2.75, 3.05) is 5.32 Å². The molecule has 5 nitrogen and oxygen atoms in total. The quantitative estimate of drug-likeness (QED) is 0.513. The fourth-order valence-electron chi connectivity index (χ4n) is 1.88. The van der Waals surface area contributed by atoms with Crippen molar-refractivity contribution >= 4 is 17.6 Å². The second-order valence-electron chi connectivity index (χ2n) is 5.41. The van der Waals surface area contributed by atoms with E-state index in [1.807, 2.05) is 0 Å². The smallest absolute Gasteiger partial charge is 0.416 e. The Morgan fingerprint density at radius 2 is 1.70 bits per heavy atom. The van der Waals surface area contributed by atoms with Crippen molar-refractivity contribution in [3.05, 3.63) is 41.1 Å². The highest BCUT2D eigenvalue weighted by Crippen LogP contribution is 2.32. The molecule has 1 heterocycles. The van der Waals surface area contributed by atoms with Gasteiger partial charge in [-0.15, -0.1) is 0 Å². The zero-order valence-corrected chi connectivity index (χ0v) is 12.6. The predicted octanol–water partition coefficient (Wildman–Crippen LogP) is 3.15. The van der Waals surface area contributed by atoms with Crippen molar-refractivity contribution in [3.8, 4) is 0 Å². The van der Waals surface area contributed by atoms with E-state index in [1.54, 1.807) is 6.92 Å². The molecular formula is C15H14F3NO4. The van der Waals surface area contributed by atoms with Crippen LogP contribution in [-0.4, -0.2) is 17.7 Å². The number of benzene rings is 1. The third-order valence-corrected chi connectivity index (χ3v) is 3.05. The van der Waals surface area contributed by atoms with E-state index in [1.165, 1.54) is 19.9 Å². The highest BCUT2D eigenvalue weighted by molar-refractivity contribution is 6.15. The molecular weight excluding hydrogens is 315 g/mol. The zero-order chi connectivity index (χ0) is 17.4. The van der Waals surface area contributed by atoms with E-state index in [9.17, 15) is 22.8 Å². The Bertz CT molecular complexity index is 670. The molecule has 0 bridgehead atoms. The van der Waals surface area contributed by atoms with E-state index in [4.69, 9.17) is 9.47 Å². The molecule has 23 heavy (non-hydrogen) atoms. The van der Waals surface area contributed by atoms with Gasteiger partial charge in [-0.3, -0.25) is 0 Å². The Labute approximate surface area is 130 Å². The molecule has 0 unspecified atom stereocenters. The van der Waals surface area contributed by atoms with Gasteiger partial charge in [-0.1, -0.05) is 6.07 Å². The first kappa shape index (κ1) is 16.9. The van der Waals surface area contributed by atoms with E-state index in [2.05, 4.69) is 5.32 Å². The molecule has 1 aliphatic rings. The fourth-order valence-corrected chi connectivity index (χ4v) is 1.88. The van der Waals surface area contributed by atoms with Crippen LogP contribution in [0.2, 0.25) is 0 Å². The number of carbonyl (C=O) groups is 2. The number of rotatable bonds is 2. The molecule has 124 valence electrons. The number of aryl methyl sites for hydroxylation is 1. The zero-order valence-electron chi connectivity index (χ0n) is 12.6. The minimum Gasteiger partial charge on any atom is -0.419 e. The van der Waals surface area contributed by atoms with Crippen molar-refractivity contribution < 1.29 is 32.2 Å². The molecule has 0 saturated carbocycles. The topological polar surface area (TPSA) is 64.6 Å². The van der Waals surface area contributed by atoms with E-state index in [-0.39, 0.29) is 5.69 Å². The summed E-state index contributed by atoms with van der Waals surface area (Å²) in [5.41, 5.74) is -0.662. The maximum atomic E-state index is 12.7. The van der Waals surface area contributed by atoms with Gasteiger partial charge in [0, 0.05) is 25.7 Å². The predicted molar refractivity (Wildman–Crippen MR) is 74.1 cm³/mol. The highest BCUT2D eigenvalue weighted by atomic mass is 19.4. The second kappa shape index (κ2) is 5.60. The van der Waals surface area contributed by atoms with Gasteiger partial charge < -0.3 is 14.8 Å². The molecule has 0 radical (unpaired) electrons. The number of cyclic esters (lactones) is 2. The number of carbonyl (C=O) groups excluding carboxylic acids is 2. The number of esters is 2. The van der Waals surface area contributed by atoms with Crippen LogP contribution < -0.4 is 5.32 Å². The SMILES string of the molecule is Cc1ccc(C(F)(F)F)cc1NC=C1C(=O)OC(C)(C)OC1=O. The standard InChI is InChI=1S/C15H14F3NO4/c1-8-4-5-9(15(16,17)18)6-11(8)19-7-10-12(20)22-14(2,3)23-13(10)21/h4-7,19H,1-3H3. The number of alkyl halides is 3. The minimum atomic E-state index is -4.50. The average Bonchev–Trinajstić information content (AvgIpc) is 2.36. The summed E-state index contributed by atoms with van der Waals surface area (Å²) in [4.78, 5) is 23.5. The number of ether oxygens (including phenoxy) is 2. The molecule has 1 aliphatic heterocycles. The summed E-state index contributed by atoms with van der Waals surface area (Å²) in [6.45, 7) is 4.37. The van der Waals surface area contributed by atoms with Gasteiger partial charge in [0.2, 0.25) is 0 Å². The lowest BCUT2D eigenvalue weighted by atomic mass is 10.1. The lowest BCUT2D eigenvalue weighted by Gasteiger charge is -2.29. The first-order valence-electron chi connectivity index (χ1n) is 6.61. The number of halogens is 3. The average molecular weight is 329 g/mol. The fraction of sp³-hybridized carbons (Fsp3) is 0.333. The molecule has 1 saturated heterocycles. The molecule has 8 heteroatoms. The van der Waals surface area contributed by atoms with Gasteiger partial charge in [-0.25, -0.2) is 9.59 Å². The van der Waals surface area contributed by atoms with E-state index in [0.717, 1.165) is 18.3 Å². The van der Waals surface area contributed by atoms with Crippen LogP contribution in [0, 0.1) is 6.92 Å². The van der Waals surface area contributed by atoms with Gasteiger partial charge >= 0.3 is 18.1 Å². The Morgan fingerprint density at radius 1 is 1.13 bits per heavy atom. The molecule has 1 N–H and O–H groups in total. The maximum Gasteiger partial charge on any atom is 0.416 e. The lowest BCUT2D eigenvalue weighted by molar-refractivity contribution is -0.222. The van der Waals surface area contributed by atoms with Gasteiger partial charge in [-0.05, 0) is 24.6 Å². The first-order valence-corrected chi connectivity index (χ1v) is 6.61.